The van der Waals surface area contributed by atoms with Crippen LogP contribution in [0.25, 0.3) is 0 Å². The van der Waals surface area contributed by atoms with E-state index in [1.807, 2.05) is 11.1 Å². The van der Waals surface area contributed by atoms with Crippen LogP contribution in [0.3, 0.4) is 0 Å². The minimum Gasteiger partial charge on any atom is -0.452 e. The van der Waals surface area contributed by atoms with Crippen LogP contribution in [0, 0.1) is 0 Å². The lowest BCUT2D eigenvalue weighted by Crippen LogP contribution is -2.37. The number of esters is 1. The van der Waals surface area contributed by atoms with E-state index in [4.69, 9.17) is 9.47 Å². The lowest BCUT2D eigenvalue weighted by Gasteiger charge is -2.31. The molecule has 3 aromatic rings. The number of nitrogens with zero attached hydrogens (tertiary/aromatic N) is 3. The molecular weight excluding hydrogens is 465 g/mol. The van der Waals surface area contributed by atoms with Crippen molar-refractivity contribution in [1.82, 2.24) is 9.78 Å². The van der Waals surface area contributed by atoms with E-state index in [9.17, 15) is 22.8 Å². The quantitative estimate of drug-likeness (QED) is 0.512. The highest BCUT2D eigenvalue weighted by Crippen LogP contribution is 2.35. The second-order valence-electron chi connectivity index (χ2n) is 7.85. The van der Waals surface area contributed by atoms with Crippen molar-refractivity contribution in [2.45, 2.75) is 12.7 Å². The Kier molecular flexibility index (Phi) is 7.35. The summed E-state index contributed by atoms with van der Waals surface area (Å²) in [5, 5.41) is 6.57. The Morgan fingerprint density at radius 3 is 2.49 bits per heavy atom. The lowest BCUT2D eigenvalue weighted by molar-refractivity contribution is -0.137. The molecule has 0 spiro atoms. The number of hydrogen-bond donors (Lipinski definition) is 1. The summed E-state index contributed by atoms with van der Waals surface area (Å²) >= 11 is 0. The van der Waals surface area contributed by atoms with E-state index in [2.05, 4.69) is 10.4 Å². The van der Waals surface area contributed by atoms with Crippen LogP contribution in [0.1, 0.15) is 21.5 Å². The Bertz CT molecular complexity index is 1160. The van der Waals surface area contributed by atoms with Gasteiger partial charge in [-0.05, 0) is 42.0 Å². The molecule has 4 rings (SSSR count). The van der Waals surface area contributed by atoms with Crippen LogP contribution in [0.4, 0.5) is 24.5 Å². The molecule has 1 amide bonds. The predicted molar refractivity (Wildman–Crippen MR) is 121 cm³/mol. The van der Waals surface area contributed by atoms with Gasteiger partial charge in [-0.3, -0.25) is 9.48 Å². The number of rotatable bonds is 7. The summed E-state index contributed by atoms with van der Waals surface area (Å²) < 4.78 is 51.8. The highest BCUT2D eigenvalue weighted by atomic mass is 19.4. The van der Waals surface area contributed by atoms with Crippen molar-refractivity contribution in [3.05, 3.63) is 77.6 Å². The van der Waals surface area contributed by atoms with Crippen LogP contribution >= 0.6 is 0 Å². The second-order valence-corrected chi connectivity index (χ2v) is 7.85. The largest absolute Gasteiger partial charge is 0.452 e. The molecule has 1 aromatic heterocycles. The first kappa shape index (κ1) is 24.3. The Morgan fingerprint density at radius 2 is 1.83 bits per heavy atom. The zero-order chi connectivity index (χ0) is 24.8. The lowest BCUT2D eigenvalue weighted by atomic mass is 10.1. The number of carbonyl (C=O) groups excluding carboxylic acids is 2. The van der Waals surface area contributed by atoms with Crippen molar-refractivity contribution in [2.24, 2.45) is 0 Å². The number of benzene rings is 2. The zero-order valence-corrected chi connectivity index (χ0v) is 18.6. The van der Waals surface area contributed by atoms with Crippen molar-refractivity contribution < 1.29 is 32.2 Å². The van der Waals surface area contributed by atoms with E-state index in [1.54, 1.807) is 41.2 Å². The molecule has 0 unspecified atom stereocenters. The summed E-state index contributed by atoms with van der Waals surface area (Å²) in [6.07, 6.45) is -1.09. The first-order valence-corrected chi connectivity index (χ1v) is 10.9. The Balaban J connectivity index is 1.38. The Morgan fingerprint density at radius 1 is 1.09 bits per heavy atom. The first-order valence-electron chi connectivity index (χ1n) is 10.9. The number of morpholine rings is 1. The molecule has 184 valence electrons. The fraction of sp³-hybridized carbons (Fsp3) is 0.292. The van der Waals surface area contributed by atoms with Crippen LogP contribution in [-0.4, -0.2) is 54.6 Å². The Labute approximate surface area is 199 Å². The van der Waals surface area contributed by atoms with Crippen molar-refractivity contribution >= 4 is 23.3 Å². The molecule has 0 aliphatic carbocycles. The number of ether oxygens (including phenoxy) is 2. The molecule has 11 heteroatoms. The fourth-order valence-corrected chi connectivity index (χ4v) is 3.62. The van der Waals surface area contributed by atoms with Gasteiger partial charge in [-0.1, -0.05) is 12.1 Å². The van der Waals surface area contributed by atoms with Gasteiger partial charge in [0.25, 0.3) is 5.91 Å². The number of carbonyl (C=O) groups is 2. The number of hydrogen-bond acceptors (Lipinski definition) is 6. The van der Waals surface area contributed by atoms with E-state index in [1.165, 1.54) is 6.07 Å². The van der Waals surface area contributed by atoms with Gasteiger partial charge in [0.15, 0.2) is 6.61 Å². The van der Waals surface area contributed by atoms with Crippen LogP contribution in [0.5, 0.6) is 0 Å². The molecular formula is C24H23F3N4O4. The minimum absolute atomic E-state index is 0.00857. The summed E-state index contributed by atoms with van der Waals surface area (Å²) in [7, 11) is 0. The zero-order valence-electron chi connectivity index (χ0n) is 18.6. The summed E-state index contributed by atoms with van der Waals surface area (Å²) in [4.78, 5) is 26.6. The van der Waals surface area contributed by atoms with Crippen molar-refractivity contribution in [3.63, 3.8) is 0 Å². The third-order valence-electron chi connectivity index (χ3n) is 5.38. The van der Waals surface area contributed by atoms with Crippen LogP contribution in [-0.2, 0) is 27.0 Å². The highest BCUT2D eigenvalue weighted by molar-refractivity contribution is 5.97. The topological polar surface area (TPSA) is 85.7 Å². The fourth-order valence-electron chi connectivity index (χ4n) is 3.62. The van der Waals surface area contributed by atoms with Crippen molar-refractivity contribution in [3.8, 4) is 0 Å². The number of amides is 1. The molecule has 0 atom stereocenters. The molecule has 1 aliphatic rings. The molecule has 1 fully saturated rings. The summed E-state index contributed by atoms with van der Waals surface area (Å²) in [6, 6.07) is 11.6. The van der Waals surface area contributed by atoms with E-state index >= 15 is 0 Å². The van der Waals surface area contributed by atoms with Gasteiger partial charge < -0.3 is 19.7 Å². The molecule has 0 bridgehead atoms. The molecule has 35 heavy (non-hydrogen) atoms. The predicted octanol–water partition coefficient (Wildman–Crippen LogP) is 3.58. The maximum absolute atomic E-state index is 13.2. The molecule has 1 saturated heterocycles. The molecule has 0 saturated carbocycles. The summed E-state index contributed by atoms with van der Waals surface area (Å²) in [5.74, 6) is -1.47. The minimum atomic E-state index is -4.57. The third-order valence-corrected chi connectivity index (χ3v) is 5.38. The smallest absolute Gasteiger partial charge is 0.416 e. The molecule has 2 heterocycles. The number of halogens is 3. The second kappa shape index (κ2) is 10.6. The molecule has 2 aromatic carbocycles. The number of aromatic nitrogens is 2. The van der Waals surface area contributed by atoms with Crippen LogP contribution in [0.2, 0.25) is 0 Å². The van der Waals surface area contributed by atoms with Crippen molar-refractivity contribution in [2.75, 3.05) is 43.1 Å². The van der Waals surface area contributed by atoms with E-state index in [0.717, 1.165) is 17.7 Å². The number of nitrogens with one attached hydrogen (secondary N) is 1. The SMILES string of the molecule is O=C(COC(=O)c1ccc(Cn2cccn2)cc1)Nc1cc(C(F)(F)F)ccc1N1CCOCC1. The average molecular weight is 488 g/mol. The maximum Gasteiger partial charge on any atom is 0.416 e. The average Bonchev–Trinajstić information content (AvgIpc) is 3.36. The highest BCUT2D eigenvalue weighted by Gasteiger charge is 2.32. The van der Waals surface area contributed by atoms with Gasteiger partial charge in [-0.2, -0.15) is 18.3 Å². The van der Waals surface area contributed by atoms with Gasteiger partial charge in [-0.15, -0.1) is 0 Å². The normalized spacial score (nSPS) is 14.0. The molecule has 0 radical (unpaired) electrons. The third kappa shape index (κ3) is 6.38. The summed E-state index contributed by atoms with van der Waals surface area (Å²) in [6.45, 7) is 1.68. The van der Waals surface area contributed by atoms with Gasteiger partial charge in [0, 0.05) is 25.5 Å². The van der Waals surface area contributed by atoms with Gasteiger partial charge in [0.05, 0.1) is 42.3 Å². The standard InChI is InChI=1S/C24H23F3N4O4/c25-24(26,27)19-6-7-21(30-10-12-34-13-11-30)20(14-19)29-22(32)16-35-23(33)18-4-2-17(3-5-18)15-31-9-1-8-28-31/h1-9,14H,10-13,15-16H2,(H,29,32). The first-order chi connectivity index (χ1) is 16.8. The van der Waals surface area contributed by atoms with Crippen molar-refractivity contribution in [1.29, 1.82) is 0 Å². The molecule has 8 nitrogen and oxygen atoms in total. The monoisotopic (exact) mass is 488 g/mol. The number of anilines is 2. The van der Waals surface area contributed by atoms with Crippen LogP contribution < -0.4 is 10.2 Å². The van der Waals surface area contributed by atoms with Crippen LogP contribution in [0.15, 0.2) is 60.9 Å². The Hall–Kier alpha value is -3.86. The molecule has 1 N–H and O–H groups in total. The van der Waals surface area contributed by atoms with Gasteiger partial charge in [0.2, 0.25) is 0 Å². The molecule has 1 aliphatic heterocycles. The van der Waals surface area contributed by atoms with Gasteiger partial charge in [-0.25, -0.2) is 4.79 Å². The van der Waals surface area contributed by atoms with Gasteiger partial charge >= 0.3 is 12.1 Å². The maximum atomic E-state index is 13.2. The van der Waals surface area contributed by atoms with E-state index in [-0.39, 0.29) is 11.3 Å². The van der Waals surface area contributed by atoms with E-state index < -0.39 is 30.2 Å². The van der Waals surface area contributed by atoms with E-state index in [0.29, 0.717) is 38.5 Å². The summed E-state index contributed by atoms with van der Waals surface area (Å²) in [5.41, 5.74) is 0.703. The van der Waals surface area contributed by atoms with Gasteiger partial charge in [0.1, 0.15) is 0 Å². The number of alkyl halides is 3.